The molecule has 2 heterocycles. The first kappa shape index (κ1) is 23.0. The molecule has 0 aliphatic carbocycles. The molecule has 2 fully saturated rings. The van der Waals surface area contributed by atoms with Gasteiger partial charge < -0.3 is 19.5 Å². The number of hydrogen-bond acceptors (Lipinski definition) is 6. The first-order valence-corrected chi connectivity index (χ1v) is 11.3. The molecule has 0 bridgehead atoms. The van der Waals surface area contributed by atoms with E-state index >= 15 is 0 Å². The van der Waals surface area contributed by atoms with Crippen LogP contribution in [0.3, 0.4) is 0 Å². The van der Waals surface area contributed by atoms with Gasteiger partial charge in [-0.3, -0.25) is 14.5 Å². The first-order valence-electron chi connectivity index (χ1n) is 11.3. The van der Waals surface area contributed by atoms with Crippen molar-refractivity contribution in [2.24, 2.45) is 0 Å². The minimum atomic E-state index is -0.660. The summed E-state index contributed by atoms with van der Waals surface area (Å²) in [5, 5.41) is 11.2. The second-order valence-corrected chi connectivity index (χ2v) is 8.44. The van der Waals surface area contributed by atoms with Gasteiger partial charge in [0.15, 0.2) is 0 Å². The molecule has 0 radical (unpaired) electrons. The second kappa shape index (κ2) is 10.2. The van der Waals surface area contributed by atoms with Crippen molar-refractivity contribution >= 4 is 17.4 Å². The van der Waals surface area contributed by atoms with E-state index in [1.807, 2.05) is 31.2 Å². The van der Waals surface area contributed by atoms with E-state index in [0.717, 1.165) is 37.2 Å². The number of carbonyl (C=O) groups excluding carboxylic acids is 2. The lowest BCUT2D eigenvalue weighted by molar-refractivity contribution is -0.140. The minimum Gasteiger partial charge on any atom is -0.507 e. The maximum atomic E-state index is 13.1. The van der Waals surface area contributed by atoms with Crippen LogP contribution in [-0.2, 0) is 14.3 Å². The maximum Gasteiger partial charge on any atom is 0.295 e. The summed E-state index contributed by atoms with van der Waals surface area (Å²) in [6.07, 6.45) is 0.731. The number of morpholine rings is 1. The number of benzene rings is 2. The van der Waals surface area contributed by atoms with Crippen LogP contribution in [0.5, 0.6) is 5.75 Å². The van der Waals surface area contributed by atoms with Crippen molar-refractivity contribution in [1.82, 2.24) is 9.80 Å². The third-order valence-corrected chi connectivity index (χ3v) is 6.25. The zero-order valence-electron chi connectivity index (χ0n) is 19.1. The van der Waals surface area contributed by atoms with E-state index in [9.17, 15) is 14.7 Å². The van der Waals surface area contributed by atoms with Gasteiger partial charge in [0.25, 0.3) is 11.7 Å². The van der Waals surface area contributed by atoms with Crippen LogP contribution in [0.4, 0.5) is 0 Å². The van der Waals surface area contributed by atoms with Crippen LogP contribution in [0.2, 0.25) is 0 Å². The van der Waals surface area contributed by atoms with E-state index in [2.05, 4.69) is 4.90 Å². The number of nitrogens with zero attached hydrogens (tertiary/aromatic N) is 2. The number of aliphatic hydroxyl groups excluding tert-OH is 1. The van der Waals surface area contributed by atoms with E-state index in [1.54, 1.807) is 36.3 Å². The Morgan fingerprint density at radius 2 is 1.82 bits per heavy atom. The largest absolute Gasteiger partial charge is 0.507 e. The molecular formula is C26H30N2O5. The molecule has 4 rings (SSSR count). The van der Waals surface area contributed by atoms with E-state index in [1.165, 1.54) is 0 Å². The van der Waals surface area contributed by atoms with Gasteiger partial charge in [-0.2, -0.15) is 0 Å². The highest BCUT2D eigenvalue weighted by Crippen LogP contribution is 2.39. The number of ether oxygens (including phenoxy) is 2. The number of Topliss-reactive ketones (excluding diaryl/α,β-unsaturated/α-hetero) is 1. The Balaban J connectivity index is 1.67. The fourth-order valence-electron chi connectivity index (χ4n) is 4.42. The SMILES string of the molecule is COc1cccc(C(O)=C2C(=O)C(=O)N(CCCN3CCOCC3)[C@@H]2c2ccc(C)cc2)c1. The number of hydrogen-bond donors (Lipinski definition) is 1. The van der Waals surface area contributed by atoms with Gasteiger partial charge in [0.2, 0.25) is 0 Å². The number of rotatable bonds is 7. The number of aliphatic hydroxyl groups is 1. The van der Waals surface area contributed by atoms with Crippen molar-refractivity contribution in [3.8, 4) is 5.75 Å². The molecule has 0 unspecified atom stereocenters. The normalized spacial score (nSPS) is 20.9. The summed E-state index contributed by atoms with van der Waals surface area (Å²) in [6.45, 7) is 6.41. The predicted octanol–water partition coefficient (Wildman–Crippen LogP) is 3.15. The van der Waals surface area contributed by atoms with Crippen molar-refractivity contribution in [2.45, 2.75) is 19.4 Å². The molecule has 2 aromatic carbocycles. The molecule has 33 heavy (non-hydrogen) atoms. The number of aryl methyl sites for hydroxylation is 1. The molecule has 1 atom stereocenters. The Morgan fingerprint density at radius 3 is 2.52 bits per heavy atom. The molecule has 7 nitrogen and oxygen atoms in total. The average molecular weight is 451 g/mol. The molecule has 7 heteroatoms. The molecule has 1 amide bonds. The smallest absolute Gasteiger partial charge is 0.295 e. The molecule has 0 aromatic heterocycles. The lowest BCUT2D eigenvalue weighted by Crippen LogP contribution is -2.38. The van der Waals surface area contributed by atoms with Gasteiger partial charge in [0.05, 0.1) is 31.9 Å². The quantitative estimate of drug-likeness (QED) is 0.397. The molecule has 1 N–H and O–H groups in total. The summed E-state index contributed by atoms with van der Waals surface area (Å²) in [4.78, 5) is 30.1. The van der Waals surface area contributed by atoms with Crippen molar-refractivity contribution in [1.29, 1.82) is 0 Å². The third kappa shape index (κ3) is 4.94. The Bertz CT molecular complexity index is 1040. The molecule has 2 aromatic rings. The van der Waals surface area contributed by atoms with Gasteiger partial charge in [0.1, 0.15) is 11.5 Å². The topological polar surface area (TPSA) is 79.3 Å². The van der Waals surface area contributed by atoms with Crippen LogP contribution in [-0.4, -0.2) is 73.1 Å². The van der Waals surface area contributed by atoms with Crippen LogP contribution in [0.25, 0.3) is 5.76 Å². The molecule has 0 saturated carbocycles. The number of amides is 1. The van der Waals surface area contributed by atoms with Gasteiger partial charge in [0, 0.05) is 31.7 Å². The predicted molar refractivity (Wildman–Crippen MR) is 125 cm³/mol. The number of ketones is 1. The molecular weight excluding hydrogens is 420 g/mol. The Hall–Kier alpha value is -3.16. The molecule has 2 aliphatic rings. The van der Waals surface area contributed by atoms with Crippen LogP contribution in [0.1, 0.15) is 29.2 Å². The van der Waals surface area contributed by atoms with Crippen molar-refractivity contribution < 1.29 is 24.2 Å². The molecule has 0 spiro atoms. The van der Waals surface area contributed by atoms with Gasteiger partial charge in [-0.15, -0.1) is 0 Å². The number of methoxy groups -OCH3 is 1. The fraction of sp³-hybridized carbons (Fsp3) is 0.385. The second-order valence-electron chi connectivity index (χ2n) is 8.44. The van der Waals surface area contributed by atoms with E-state index in [4.69, 9.17) is 9.47 Å². The highest BCUT2D eigenvalue weighted by Gasteiger charge is 2.45. The summed E-state index contributed by atoms with van der Waals surface area (Å²) >= 11 is 0. The minimum absolute atomic E-state index is 0.114. The van der Waals surface area contributed by atoms with Gasteiger partial charge in [-0.25, -0.2) is 0 Å². The Kier molecular flexibility index (Phi) is 7.11. The number of likely N-dealkylation sites (tertiary alicyclic amines) is 1. The van der Waals surface area contributed by atoms with Crippen molar-refractivity contribution in [2.75, 3.05) is 46.5 Å². The van der Waals surface area contributed by atoms with Crippen LogP contribution >= 0.6 is 0 Å². The van der Waals surface area contributed by atoms with Crippen molar-refractivity contribution in [3.63, 3.8) is 0 Å². The fourth-order valence-corrected chi connectivity index (χ4v) is 4.42. The van der Waals surface area contributed by atoms with Gasteiger partial charge >= 0.3 is 0 Å². The summed E-state index contributed by atoms with van der Waals surface area (Å²) < 4.78 is 10.7. The van der Waals surface area contributed by atoms with Crippen LogP contribution in [0.15, 0.2) is 54.1 Å². The Morgan fingerprint density at radius 1 is 1.09 bits per heavy atom. The molecule has 174 valence electrons. The zero-order chi connectivity index (χ0) is 23.4. The molecule has 2 saturated heterocycles. The van der Waals surface area contributed by atoms with Crippen molar-refractivity contribution in [3.05, 3.63) is 70.8 Å². The lowest BCUT2D eigenvalue weighted by Gasteiger charge is -2.29. The summed E-state index contributed by atoms with van der Waals surface area (Å²) in [6, 6.07) is 14.0. The van der Waals surface area contributed by atoms with E-state index in [-0.39, 0.29) is 11.3 Å². The van der Waals surface area contributed by atoms with E-state index in [0.29, 0.717) is 31.1 Å². The molecule has 2 aliphatic heterocycles. The summed E-state index contributed by atoms with van der Waals surface area (Å²) in [5.74, 6) is -0.863. The van der Waals surface area contributed by atoms with E-state index < -0.39 is 17.7 Å². The monoisotopic (exact) mass is 450 g/mol. The maximum absolute atomic E-state index is 13.1. The average Bonchev–Trinajstić information content (AvgIpc) is 3.10. The number of carbonyl (C=O) groups is 2. The lowest BCUT2D eigenvalue weighted by atomic mass is 9.94. The third-order valence-electron chi connectivity index (χ3n) is 6.25. The van der Waals surface area contributed by atoms with Gasteiger partial charge in [-0.1, -0.05) is 42.0 Å². The Labute approximate surface area is 194 Å². The first-order chi connectivity index (χ1) is 16.0. The zero-order valence-corrected chi connectivity index (χ0v) is 19.1. The van der Waals surface area contributed by atoms with Crippen LogP contribution in [0, 0.1) is 6.92 Å². The van der Waals surface area contributed by atoms with Gasteiger partial charge in [-0.05, 0) is 31.0 Å². The standard InChI is InChI=1S/C26H30N2O5/c1-18-7-9-19(10-8-18)23-22(24(29)20-5-3-6-21(17-20)32-2)25(30)26(31)28(23)12-4-11-27-13-15-33-16-14-27/h3,5-10,17,23,29H,4,11-16H2,1-2H3/t23-/m1/s1. The highest BCUT2D eigenvalue weighted by atomic mass is 16.5. The summed E-state index contributed by atoms with van der Waals surface area (Å²) in [5.41, 5.74) is 2.44. The highest BCUT2D eigenvalue weighted by molar-refractivity contribution is 6.46. The summed E-state index contributed by atoms with van der Waals surface area (Å²) in [7, 11) is 1.54. The van der Waals surface area contributed by atoms with Crippen LogP contribution < -0.4 is 4.74 Å².